The highest BCUT2D eigenvalue weighted by Gasteiger charge is 2.09. The van der Waals surface area contributed by atoms with E-state index < -0.39 is 0 Å². The topological polar surface area (TPSA) is 64.6 Å². The number of anilines is 1. The molecule has 0 unspecified atom stereocenters. The summed E-state index contributed by atoms with van der Waals surface area (Å²) < 4.78 is 10.4. The van der Waals surface area contributed by atoms with Crippen molar-refractivity contribution in [1.29, 1.82) is 0 Å². The van der Waals surface area contributed by atoms with Gasteiger partial charge in [-0.15, -0.1) is 0 Å². The van der Waals surface area contributed by atoms with Gasteiger partial charge in [-0.1, -0.05) is 19.6 Å². The number of nitrogens with one attached hydrogen (secondary N) is 1. The molecule has 25 heavy (non-hydrogen) atoms. The van der Waals surface area contributed by atoms with Crippen LogP contribution in [-0.2, 0) is 4.74 Å². The molecule has 0 atom stereocenters. The van der Waals surface area contributed by atoms with Crippen LogP contribution in [0.3, 0.4) is 0 Å². The van der Waals surface area contributed by atoms with Crippen molar-refractivity contribution in [3.05, 3.63) is 72.3 Å². The number of benzene rings is 2. The van der Waals surface area contributed by atoms with Crippen LogP contribution in [-0.4, -0.2) is 25.1 Å². The van der Waals surface area contributed by atoms with Gasteiger partial charge in [-0.3, -0.25) is 4.79 Å². The fraction of sp³-hybridized carbons (Fsp3) is 0.200. The van der Waals surface area contributed by atoms with Gasteiger partial charge in [-0.2, -0.15) is 0 Å². The minimum absolute atomic E-state index is 0.239. The number of rotatable bonds is 8. The van der Waals surface area contributed by atoms with E-state index in [9.17, 15) is 9.59 Å². The number of hydrogen-bond donors (Lipinski definition) is 1. The van der Waals surface area contributed by atoms with Crippen LogP contribution in [0.15, 0.2) is 61.2 Å². The molecule has 0 aliphatic carbocycles. The van der Waals surface area contributed by atoms with Gasteiger partial charge in [0.2, 0.25) is 0 Å². The van der Waals surface area contributed by atoms with Gasteiger partial charge in [0.05, 0.1) is 12.2 Å². The fourth-order valence-corrected chi connectivity index (χ4v) is 2.03. The molecule has 2 aromatic rings. The molecule has 2 aromatic carbocycles. The number of carbonyl (C=O) groups excluding carboxylic acids is 2. The quantitative estimate of drug-likeness (QED) is 0.581. The predicted octanol–water partition coefficient (Wildman–Crippen LogP) is 4.07. The summed E-state index contributed by atoms with van der Waals surface area (Å²) in [6.07, 6.45) is 2.43. The molecule has 0 heterocycles. The van der Waals surface area contributed by atoms with Crippen molar-refractivity contribution in [3.8, 4) is 5.75 Å². The summed E-state index contributed by atoms with van der Waals surface area (Å²) in [4.78, 5) is 24.0. The molecule has 0 spiro atoms. The van der Waals surface area contributed by atoms with Gasteiger partial charge >= 0.3 is 5.97 Å². The third-order valence-corrected chi connectivity index (χ3v) is 3.30. The molecule has 0 aliphatic rings. The molecule has 1 amide bonds. The predicted molar refractivity (Wildman–Crippen MR) is 97.1 cm³/mol. The van der Waals surface area contributed by atoms with E-state index in [1.807, 2.05) is 6.92 Å². The van der Waals surface area contributed by atoms with E-state index in [0.29, 0.717) is 35.8 Å². The van der Waals surface area contributed by atoms with Gasteiger partial charge < -0.3 is 14.8 Å². The molecule has 0 saturated heterocycles. The number of amides is 1. The molecule has 0 radical (unpaired) electrons. The first-order chi connectivity index (χ1) is 12.1. The van der Waals surface area contributed by atoms with Crippen molar-refractivity contribution in [1.82, 2.24) is 0 Å². The Morgan fingerprint density at radius 1 is 1.04 bits per heavy atom. The molecule has 0 fully saturated rings. The van der Waals surface area contributed by atoms with E-state index in [1.165, 1.54) is 0 Å². The van der Waals surface area contributed by atoms with Crippen molar-refractivity contribution in [2.75, 3.05) is 18.5 Å². The van der Waals surface area contributed by atoms with Gasteiger partial charge in [0.1, 0.15) is 12.4 Å². The second-order valence-electron chi connectivity index (χ2n) is 5.29. The van der Waals surface area contributed by atoms with E-state index in [1.54, 1.807) is 54.6 Å². The second kappa shape index (κ2) is 9.27. The Labute approximate surface area is 147 Å². The van der Waals surface area contributed by atoms with E-state index >= 15 is 0 Å². The highest BCUT2D eigenvalue weighted by atomic mass is 16.5. The molecule has 5 nitrogen and oxygen atoms in total. The summed E-state index contributed by atoms with van der Waals surface area (Å²) >= 11 is 0. The summed E-state index contributed by atoms with van der Waals surface area (Å²) in [6, 6.07) is 13.4. The Hall–Kier alpha value is -3.08. The lowest BCUT2D eigenvalue weighted by Gasteiger charge is -2.08. The lowest BCUT2D eigenvalue weighted by molar-refractivity contribution is 0.0505. The molecule has 0 saturated carbocycles. The lowest BCUT2D eigenvalue weighted by Crippen LogP contribution is -2.12. The average molecular weight is 339 g/mol. The molecule has 1 N–H and O–H groups in total. The molecule has 5 heteroatoms. The molecule has 0 bridgehead atoms. The normalized spacial score (nSPS) is 9.96. The van der Waals surface area contributed by atoms with Crippen LogP contribution < -0.4 is 10.1 Å². The number of esters is 1. The maximum atomic E-state index is 12.2. The van der Waals surface area contributed by atoms with Crippen LogP contribution in [0.2, 0.25) is 0 Å². The smallest absolute Gasteiger partial charge is 0.338 e. The zero-order chi connectivity index (χ0) is 18.1. The van der Waals surface area contributed by atoms with Crippen molar-refractivity contribution < 1.29 is 19.1 Å². The van der Waals surface area contributed by atoms with Crippen molar-refractivity contribution >= 4 is 17.6 Å². The lowest BCUT2D eigenvalue weighted by atomic mass is 10.1. The van der Waals surface area contributed by atoms with Crippen LogP contribution >= 0.6 is 0 Å². The first-order valence-corrected chi connectivity index (χ1v) is 8.06. The second-order valence-corrected chi connectivity index (χ2v) is 5.29. The summed E-state index contributed by atoms with van der Waals surface area (Å²) in [5, 5.41) is 2.78. The maximum Gasteiger partial charge on any atom is 0.338 e. The molecule has 2 rings (SSSR count). The third-order valence-electron chi connectivity index (χ3n) is 3.30. The zero-order valence-corrected chi connectivity index (χ0v) is 14.2. The van der Waals surface area contributed by atoms with Crippen LogP contribution in [0.5, 0.6) is 5.75 Å². The van der Waals surface area contributed by atoms with E-state index in [4.69, 9.17) is 9.47 Å². The molecule has 130 valence electrons. The summed E-state index contributed by atoms with van der Waals surface area (Å²) in [5.41, 5.74) is 1.57. The molecule has 0 aliphatic heterocycles. The van der Waals surface area contributed by atoms with Gasteiger partial charge in [-0.25, -0.2) is 4.79 Å². The highest BCUT2D eigenvalue weighted by molar-refractivity contribution is 6.04. The van der Waals surface area contributed by atoms with Crippen LogP contribution in [0.25, 0.3) is 0 Å². The Morgan fingerprint density at radius 2 is 1.68 bits per heavy atom. The number of hydrogen-bond acceptors (Lipinski definition) is 4. The Balaban J connectivity index is 1.95. The minimum Gasteiger partial charge on any atom is -0.490 e. The molecular formula is C20H21NO4. The average Bonchev–Trinajstić information content (AvgIpc) is 2.65. The van der Waals surface area contributed by atoms with Crippen molar-refractivity contribution in [2.24, 2.45) is 0 Å². The number of carbonyl (C=O) groups is 2. The SMILES string of the molecule is C=CCOc1ccc(C(=O)Nc2ccc(C(=O)OCCC)cc2)cc1. The van der Waals surface area contributed by atoms with Crippen molar-refractivity contribution in [3.63, 3.8) is 0 Å². The van der Waals surface area contributed by atoms with E-state index in [-0.39, 0.29) is 11.9 Å². The summed E-state index contributed by atoms with van der Waals surface area (Å²) in [6.45, 7) is 6.32. The van der Waals surface area contributed by atoms with Crippen LogP contribution in [0.1, 0.15) is 34.1 Å². The van der Waals surface area contributed by atoms with Gasteiger partial charge in [0.25, 0.3) is 5.91 Å². The monoisotopic (exact) mass is 339 g/mol. The standard InChI is InChI=1S/C20H21NO4/c1-3-13-24-18-11-7-15(8-12-18)19(22)21-17-9-5-16(6-10-17)20(23)25-14-4-2/h3,5-12H,1,4,13-14H2,2H3,(H,21,22). The fourth-order valence-electron chi connectivity index (χ4n) is 2.03. The van der Waals surface area contributed by atoms with E-state index in [2.05, 4.69) is 11.9 Å². The van der Waals surface area contributed by atoms with Gasteiger partial charge in [-0.05, 0) is 55.0 Å². The highest BCUT2D eigenvalue weighted by Crippen LogP contribution is 2.15. The molecular weight excluding hydrogens is 318 g/mol. The molecule has 0 aromatic heterocycles. The summed E-state index contributed by atoms with van der Waals surface area (Å²) in [7, 11) is 0. The largest absolute Gasteiger partial charge is 0.490 e. The van der Waals surface area contributed by atoms with E-state index in [0.717, 1.165) is 6.42 Å². The number of ether oxygens (including phenoxy) is 2. The first kappa shape index (κ1) is 18.3. The van der Waals surface area contributed by atoms with Crippen LogP contribution in [0, 0.1) is 0 Å². The Kier molecular flexibility index (Phi) is 6.77. The first-order valence-electron chi connectivity index (χ1n) is 8.06. The van der Waals surface area contributed by atoms with Gasteiger partial charge in [0.15, 0.2) is 0 Å². The Bertz CT molecular complexity index is 720. The Morgan fingerprint density at radius 3 is 2.28 bits per heavy atom. The zero-order valence-electron chi connectivity index (χ0n) is 14.2. The third kappa shape index (κ3) is 5.49. The van der Waals surface area contributed by atoms with Gasteiger partial charge in [0, 0.05) is 11.3 Å². The van der Waals surface area contributed by atoms with Crippen molar-refractivity contribution in [2.45, 2.75) is 13.3 Å². The maximum absolute atomic E-state index is 12.2. The van der Waals surface area contributed by atoms with Crippen LogP contribution in [0.4, 0.5) is 5.69 Å². The summed E-state index contributed by atoms with van der Waals surface area (Å²) in [5.74, 6) is 0.0674. The minimum atomic E-state index is -0.366.